The Kier molecular flexibility index (Phi) is 6.29. The molecule has 0 unspecified atom stereocenters. The summed E-state index contributed by atoms with van der Waals surface area (Å²) in [4.78, 5) is 12.5. The molecule has 1 heterocycles. The van der Waals surface area contributed by atoms with Crippen molar-refractivity contribution in [1.82, 2.24) is 5.32 Å². The van der Waals surface area contributed by atoms with Gasteiger partial charge in [-0.05, 0) is 50.1 Å². The van der Waals surface area contributed by atoms with Crippen LogP contribution in [0.5, 0.6) is 5.75 Å². The molecule has 0 saturated heterocycles. The number of rotatable bonds is 5. The number of hydrogen-bond acceptors (Lipinski definition) is 3. The fourth-order valence-electron chi connectivity index (χ4n) is 3.21. The quantitative estimate of drug-likeness (QED) is 0.644. The van der Waals surface area contributed by atoms with Gasteiger partial charge in [0, 0.05) is 17.7 Å². The van der Waals surface area contributed by atoms with Gasteiger partial charge in [-0.25, -0.2) is 0 Å². The highest BCUT2D eigenvalue weighted by atomic mass is 35.5. The summed E-state index contributed by atoms with van der Waals surface area (Å²) in [6.07, 6.45) is 0.742. The van der Waals surface area contributed by atoms with E-state index in [2.05, 4.69) is 25.2 Å². The third kappa shape index (κ3) is 5.34. The Labute approximate surface area is 174 Å². The molecule has 6 heteroatoms. The summed E-state index contributed by atoms with van der Waals surface area (Å²) in [7, 11) is 0. The smallest absolute Gasteiger partial charge is 0.230 e. The van der Waals surface area contributed by atoms with Crippen molar-refractivity contribution in [2.24, 2.45) is 0 Å². The number of hydrogen-bond donors (Lipinski definition) is 1. The first-order chi connectivity index (χ1) is 12.7. The van der Waals surface area contributed by atoms with Crippen LogP contribution in [0.3, 0.4) is 0 Å². The van der Waals surface area contributed by atoms with Crippen LogP contribution >= 0.6 is 35.0 Å². The molecule has 1 atom stereocenters. The van der Waals surface area contributed by atoms with Crippen molar-refractivity contribution in [3.8, 4) is 5.75 Å². The summed E-state index contributed by atoms with van der Waals surface area (Å²) in [6, 6.07) is 11.7. The van der Waals surface area contributed by atoms with E-state index in [-0.39, 0.29) is 17.6 Å². The van der Waals surface area contributed by atoms with Gasteiger partial charge in [0.15, 0.2) is 0 Å². The third-order valence-electron chi connectivity index (χ3n) is 4.45. The highest BCUT2D eigenvalue weighted by Gasteiger charge is 2.34. The van der Waals surface area contributed by atoms with E-state index in [1.54, 1.807) is 17.8 Å². The van der Waals surface area contributed by atoms with Gasteiger partial charge in [-0.3, -0.25) is 4.79 Å². The molecule has 0 spiro atoms. The van der Waals surface area contributed by atoms with Crippen molar-refractivity contribution < 1.29 is 9.53 Å². The number of halogens is 2. The van der Waals surface area contributed by atoms with Crippen LogP contribution in [0.1, 0.15) is 43.0 Å². The van der Waals surface area contributed by atoms with Gasteiger partial charge in [0.2, 0.25) is 5.91 Å². The number of benzene rings is 2. The molecular weight excluding hydrogens is 401 g/mol. The SMILES string of the molecule is Cc1ccc2c(c1)OC(C)(C)C[C@H]2NC(=O)CSCc1ccc(Cl)c(Cl)c1. The number of carbonyl (C=O) groups excluding carboxylic acids is 1. The van der Waals surface area contributed by atoms with Crippen LogP contribution in [-0.2, 0) is 10.5 Å². The van der Waals surface area contributed by atoms with E-state index in [1.165, 1.54) is 0 Å². The maximum atomic E-state index is 12.5. The molecule has 27 heavy (non-hydrogen) atoms. The van der Waals surface area contributed by atoms with Crippen LogP contribution in [-0.4, -0.2) is 17.3 Å². The molecule has 1 aliphatic rings. The fraction of sp³-hybridized carbons (Fsp3) is 0.381. The molecule has 0 saturated carbocycles. The standard InChI is InChI=1S/C21H23Cl2NO2S/c1-13-4-6-15-18(10-21(2,3)26-19(15)8-13)24-20(25)12-27-11-14-5-7-16(22)17(23)9-14/h4-9,18H,10-12H2,1-3H3,(H,24,25)/t18-/m1/s1. The van der Waals surface area contributed by atoms with E-state index in [1.807, 2.05) is 31.2 Å². The predicted octanol–water partition coefficient (Wildman–Crippen LogP) is 5.95. The normalized spacial score (nSPS) is 17.7. The summed E-state index contributed by atoms with van der Waals surface area (Å²) >= 11 is 13.5. The highest BCUT2D eigenvalue weighted by molar-refractivity contribution is 7.99. The average molecular weight is 424 g/mol. The summed E-state index contributed by atoms with van der Waals surface area (Å²) in [6.45, 7) is 6.14. The van der Waals surface area contributed by atoms with E-state index in [0.717, 1.165) is 28.9 Å². The van der Waals surface area contributed by atoms with Crippen molar-refractivity contribution in [3.63, 3.8) is 0 Å². The van der Waals surface area contributed by atoms with Gasteiger partial charge < -0.3 is 10.1 Å². The Morgan fingerprint density at radius 1 is 1.22 bits per heavy atom. The van der Waals surface area contributed by atoms with Crippen molar-refractivity contribution in [2.45, 2.75) is 44.6 Å². The zero-order valence-electron chi connectivity index (χ0n) is 15.6. The van der Waals surface area contributed by atoms with Gasteiger partial charge in [0.05, 0.1) is 21.8 Å². The molecule has 1 aliphatic heterocycles. The molecule has 1 N–H and O–H groups in total. The second-order valence-electron chi connectivity index (χ2n) is 7.47. The van der Waals surface area contributed by atoms with E-state index >= 15 is 0 Å². The first-order valence-corrected chi connectivity index (χ1v) is 10.8. The van der Waals surface area contributed by atoms with Gasteiger partial charge in [0.25, 0.3) is 0 Å². The summed E-state index contributed by atoms with van der Waals surface area (Å²) < 4.78 is 6.09. The molecule has 3 nitrogen and oxygen atoms in total. The number of fused-ring (bicyclic) bond motifs is 1. The van der Waals surface area contributed by atoms with Crippen LogP contribution in [0.2, 0.25) is 10.0 Å². The average Bonchev–Trinajstić information content (AvgIpc) is 2.56. The van der Waals surface area contributed by atoms with Crippen LogP contribution in [0, 0.1) is 6.92 Å². The summed E-state index contributed by atoms with van der Waals surface area (Å²) in [5.74, 6) is 1.98. The predicted molar refractivity (Wildman–Crippen MR) is 114 cm³/mol. The highest BCUT2D eigenvalue weighted by Crippen LogP contribution is 2.39. The summed E-state index contributed by atoms with van der Waals surface area (Å²) in [5, 5.41) is 4.25. The first kappa shape index (κ1) is 20.4. The molecule has 0 aliphatic carbocycles. The Bertz CT molecular complexity index is 854. The van der Waals surface area contributed by atoms with Crippen molar-refractivity contribution in [2.75, 3.05) is 5.75 Å². The maximum absolute atomic E-state index is 12.5. The fourth-order valence-corrected chi connectivity index (χ4v) is 4.32. The number of nitrogens with one attached hydrogen (secondary N) is 1. The molecule has 0 fully saturated rings. The third-order valence-corrected chi connectivity index (χ3v) is 6.19. The number of thioether (sulfide) groups is 1. The van der Waals surface area contributed by atoms with E-state index < -0.39 is 0 Å². The van der Waals surface area contributed by atoms with Crippen molar-refractivity contribution in [3.05, 3.63) is 63.1 Å². The van der Waals surface area contributed by atoms with Crippen molar-refractivity contribution in [1.29, 1.82) is 0 Å². The molecular formula is C21H23Cl2NO2S. The Morgan fingerprint density at radius 3 is 2.74 bits per heavy atom. The summed E-state index contributed by atoms with van der Waals surface area (Å²) in [5.41, 5.74) is 2.93. The molecule has 144 valence electrons. The van der Waals surface area contributed by atoms with Gasteiger partial charge in [-0.1, -0.05) is 41.4 Å². The van der Waals surface area contributed by atoms with Gasteiger partial charge >= 0.3 is 0 Å². The lowest BCUT2D eigenvalue weighted by molar-refractivity contribution is -0.119. The molecule has 2 aromatic carbocycles. The largest absolute Gasteiger partial charge is 0.487 e. The van der Waals surface area contributed by atoms with Gasteiger partial charge in [-0.2, -0.15) is 0 Å². The first-order valence-electron chi connectivity index (χ1n) is 8.84. The van der Waals surface area contributed by atoms with E-state index in [4.69, 9.17) is 27.9 Å². The number of aryl methyl sites for hydroxylation is 1. The van der Waals surface area contributed by atoms with E-state index in [9.17, 15) is 4.79 Å². The molecule has 0 radical (unpaired) electrons. The monoisotopic (exact) mass is 423 g/mol. The molecule has 0 aromatic heterocycles. The zero-order chi connectivity index (χ0) is 19.6. The Morgan fingerprint density at radius 2 is 2.00 bits per heavy atom. The topological polar surface area (TPSA) is 38.3 Å². The lowest BCUT2D eigenvalue weighted by Crippen LogP contribution is -2.41. The lowest BCUT2D eigenvalue weighted by Gasteiger charge is -2.38. The number of amides is 1. The second-order valence-corrected chi connectivity index (χ2v) is 9.27. The second kappa shape index (κ2) is 8.34. The minimum atomic E-state index is -0.314. The van der Waals surface area contributed by atoms with Crippen LogP contribution in [0.4, 0.5) is 0 Å². The lowest BCUT2D eigenvalue weighted by atomic mass is 9.89. The molecule has 1 amide bonds. The van der Waals surface area contributed by atoms with E-state index in [0.29, 0.717) is 21.6 Å². The van der Waals surface area contributed by atoms with Crippen LogP contribution in [0.15, 0.2) is 36.4 Å². The maximum Gasteiger partial charge on any atom is 0.230 e. The number of carbonyl (C=O) groups is 1. The molecule has 0 bridgehead atoms. The minimum Gasteiger partial charge on any atom is -0.487 e. The van der Waals surface area contributed by atoms with Crippen molar-refractivity contribution >= 4 is 40.9 Å². The Balaban J connectivity index is 1.59. The van der Waals surface area contributed by atoms with Crippen LogP contribution in [0.25, 0.3) is 0 Å². The number of ether oxygens (including phenoxy) is 1. The molecule has 3 rings (SSSR count). The Hall–Kier alpha value is -1.36. The minimum absolute atomic E-state index is 0.0225. The van der Waals surface area contributed by atoms with Crippen LogP contribution < -0.4 is 10.1 Å². The molecule has 2 aromatic rings. The zero-order valence-corrected chi connectivity index (χ0v) is 18.0. The van der Waals surface area contributed by atoms with Gasteiger partial charge in [0.1, 0.15) is 11.4 Å². The van der Waals surface area contributed by atoms with Gasteiger partial charge in [-0.15, -0.1) is 11.8 Å².